The Morgan fingerprint density at radius 1 is 1.30 bits per heavy atom. The molecule has 4 nitrogen and oxygen atoms in total. The summed E-state index contributed by atoms with van der Waals surface area (Å²) in [7, 11) is 0. The summed E-state index contributed by atoms with van der Waals surface area (Å²) in [4.78, 5) is 26.9. The third-order valence-electron chi connectivity index (χ3n) is 3.29. The molecule has 0 amide bonds. The molecule has 2 aromatic rings. The maximum Gasteiger partial charge on any atom is 0.334 e. The van der Waals surface area contributed by atoms with Crippen LogP contribution in [0.5, 0.6) is 0 Å². The predicted octanol–water partition coefficient (Wildman–Crippen LogP) is 2.87. The smallest absolute Gasteiger partial charge is 0.297 e. The number of benzene rings is 1. The zero-order valence-electron chi connectivity index (χ0n) is 11.7. The summed E-state index contributed by atoms with van der Waals surface area (Å²) in [6.07, 6.45) is 0.471. The molecule has 2 rings (SSSR count). The highest BCUT2D eigenvalue weighted by molar-refractivity contribution is 6.30. The van der Waals surface area contributed by atoms with Gasteiger partial charge >= 0.3 is 5.69 Å². The second kappa shape index (κ2) is 5.67. The average molecular weight is 293 g/mol. The predicted molar refractivity (Wildman–Crippen MR) is 81.1 cm³/mol. The van der Waals surface area contributed by atoms with E-state index in [1.165, 1.54) is 0 Å². The Morgan fingerprint density at radius 2 is 2.00 bits per heavy atom. The van der Waals surface area contributed by atoms with Gasteiger partial charge in [0.15, 0.2) is 0 Å². The molecule has 0 spiro atoms. The van der Waals surface area contributed by atoms with Crippen LogP contribution in [0.25, 0.3) is 5.69 Å². The number of nitrogens with one attached hydrogen (secondary N) is 1. The second-order valence-electron chi connectivity index (χ2n) is 4.97. The van der Waals surface area contributed by atoms with Crippen LogP contribution in [0.3, 0.4) is 0 Å². The van der Waals surface area contributed by atoms with Crippen LogP contribution < -0.4 is 11.2 Å². The number of rotatable bonds is 3. The van der Waals surface area contributed by atoms with Crippen molar-refractivity contribution in [3.63, 3.8) is 0 Å². The number of nitrogens with zero attached hydrogens (tertiary/aromatic N) is 1. The van der Waals surface area contributed by atoms with Gasteiger partial charge in [-0.25, -0.2) is 9.36 Å². The van der Waals surface area contributed by atoms with Crippen molar-refractivity contribution >= 4 is 11.6 Å². The van der Waals surface area contributed by atoms with Crippen LogP contribution in [-0.4, -0.2) is 9.55 Å². The summed E-state index contributed by atoms with van der Waals surface area (Å²) in [6.45, 7) is 5.95. The lowest BCUT2D eigenvalue weighted by atomic mass is 10.0. The SMILES string of the molecule is CCc1c(Cl)[nH]c(=O)n(-c2cccc(C(C)C)c2)c1=O. The normalized spacial score (nSPS) is 11.1. The third-order valence-corrected chi connectivity index (χ3v) is 3.62. The van der Waals surface area contributed by atoms with E-state index in [9.17, 15) is 9.59 Å². The molecule has 0 aliphatic carbocycles. The van der Waals surface area contributed by atoms with E-state index in [4.69, 9.17) is 11.6 Å². The zero-order valence-corrected chi connectivity index (χ0v) is 12.5. The van der Waals surface area contributed by atoms with Crippen LogP contribution in [0.15, 0.2) is 33.9 Å². The van der Waals surface area contributed by atoms with Crippen molar-refractivity contribution in [3.8, 4) is 5.69 Å². The van der Waals surface area contributed by atoms with Gasteiger partial charge in [0.1, 0.15) is 5.15 Å². The Hall–Kier alpha value is -1.81. The van der Waals surface area contributed by atoms with E-state index in [0.717, 1.165) is 10.1 Å². The van der Waals surface area contributed by atoms with E-state index in [1.807, 2.05) is 25.1 Å². The number of aromatic nitrogens is 2. The molecule has 1 aromatic carbocycles. The molecule has 1 heterocycles. The van der Waals surface area contributed by atoms with Gasteiger partial charge in [0.05, 0.1) is 11.3 Å². The lowest BCUT2D eigenvalue weighted by molar-refractivity contribution is 0.827. The van der Waals surface area contributed by atoms with Crippen molar-refractivity contribution < 1.29 is 0 Å². The Balaban J connectivity index is 2.73. The van der Waals surface area contributed by atoms with Crippen LogP contribution in [0.1, 0.15) is 37.8 Å². The monoisotopic (exact) mass is 292 g/mol. The molecule has 0 atom stereocenters. The molecule has 0 unspecified atom stereocenters. The molecule has 1 aromatic heterocycles. The van der Waals surface area contributed by atoms with E-state index in [-0.39, 0.29) is 10.7 Å². The highest BCUT2D eigenvalue weighted by atomic mass is 35.5. The standard InChI is InChI=1S/C15H17ClN2O2/c1-4-12-13(16)17-15(20)18(14(12)19)11-7-5-6-10(8-11)9(2)3/h5-9H,4H2,1-3H3,(H,17,20). The van der Waals surface area contributed by atoms with Crippen molar-refractivity contribution in [1.29, 1.82) is 0 Å². The molecular weight excluding hydrogens is 276 g/mol. The summed E-state index contributed by atoms with van der Waals surface area (Å²) in [5.74, 6) is 0.322. The number of hydrogen-bond acceptors (Lipinski definition) is 2. The van der Waals surface area contributed by atoms with Crippen molar-refractivity contribution in [2.24, 2.45) is 0 Å². The van der Waals surface area contributed by atoms with E-state index in [0.29, 0.717) is 23.6 Å². The van der Waals surface area contributed by atoms with E-state index in [2.05, 4.69) is 18.8 Å². The van der Waals surface area contributed by atoms with E-state index < -0.39 is 5.69 Å². The molecule has 1 N–H and O–H groups in total. The van der Waals surface area contributed by atoms with E-state index >= 15 is 0 Å². The number of H-pyrrole nitrogens is 1. The fourth-order valence-electron chi connectivity index (χ4n) is 2.11. The minimum Gasteiger partial charge on any atom is -0.297 e. The second-order valence-corrected chi connectivity index (χ2v) is 5.34. The van der Waals surface area contributed by atoms with Gasteiger partial charge in [-0.05, 0) is 30.0 Å². The van der Waals surface area contributed by atoms with Gasteiger partial charge in [-0.15, -0.1) is 0 Å². The summed E-state index contributed by atoms with van der Waals surface area (Å²) in [6, 6.07) is 7.42. The topological polar surface area (TPSA) is 54.9 Å². The summed E-state index contributed by atoms with van der Waals surface area (Å²) in [5.41, 5.74) is 1.18. The summed E-state index contributed by atoms with van der Waals surface area (Å²) < 4.78 is 1.14. The van der Waals surface area contributed by atoms with Crippen molar-refractivity contribution in [2.75, 3.05) is 0 Å². The van der Waals surface area contributed by atoms with Crippen molar-refractivity contribution in [3.05, 3.63) is 61.4 Å². The Morgan fingerprint density at radius 3 is 2.60 bits per heavy atom. The quantitative estimate of drug-likeness (QED) is 0.885. The molecule has 5 heteroatoms. The number of hydrogen-bond donors (Lipinski definition) is 1. The third kappa shape index (κ3) is 2.56. The van der Waals surface area contributed by atoms with Gasteiger partial charge in [-0.2, -0.15) is 0 Å². The van der Waals surface area contributed by atoms with E-state index in [1.54, 1.807) is 6.07 Å². The molecule has 0 bridgehead atoms. The fraction of sp³-hybridized carbons (Fsp3) is 0.333. The van der Waals surface area contributed by atoms with Gasteiger partial charge in [0.25, 0.3) is 5.56 Å². The first-order valence-electron chi connectivity index (χ1n) is 6.59. The van der Waals surface area contributed by atoms with Crippen LogP contribution in [0, 0.1) is 0 Å². The summed E-state index contributed by atoms with van der Waals surface area (Å²) >= 11 is 5.91. The zero-order chi connectivity index (χ0) is 14.9. The van der Waals surface area contributed by atoms with Gasteiger partial charge in [-0.1, -0.05) is 44.5 Å². The fourth-order valence-corrected chi connectivity index (χ4v) is 2.41. The molecule has 0 aliphatic rings. The van der Waals surface area contributed by atoms with Gasteiger partial charge in [0, 0.05) is 0 Å². The number of halogens is 1. The highest BCUT2D eigenvalue weighted by Gasteiger charge is 2.13. The van der Waals surface area contributed by atoms with Crippen LogP contribution in [0.4, 0.5) is 0 Å². The summed E-state index contributed by atoms with van der Waals surface area (Å²) in [5, 5.41) is 0.124. The average Bonchev–Trinajstić information content (AvgIpc) is 2.39. The van der Waals surface area contributed by atoms with Crippen LogP contribution >= 0.6 is 11.6 Å². The minimum absolute atomic E-state index is 0.124. The molecule has 106 valence electrons. The first-order chi connectivity index (χ1) is 9.45. The Labute approximate surface area is 122 Å². The molecule has 0 aliphatic heterocycles. The maximum absolute atomic E-state index is 12.4. The lowest BCUT2D eigenvalue weighted by Gasteiger charge is -2.11. The highest BCUT2D eigenvalue weighted by Crippen LogP contribution is 2.17. The first kappa shape index (κ1) is 14.6. The van der Waals surface area contributed by atoms with Gasteiger partial charge < -0.3 is 0 Å². The molecule has 0 radical (unpaired) electrons. The maximum atomic E-state index is 12.4. The molecule has 0 fully saturated rings. The minimum atomic E-state index is -0.516. The van der Waals surface area contributed by atoms with Crippen molar-refractivity contribution in [1.82, 2.24) is 9.55 Å². The van der Waals surface area contributed by atoms with Crippen LogP contribution in [0.2, 0.25) is 5.15 Å². The number of aromatic amines is 1. The molecule has 0 saturated heterocycles. The Kier molecular flexibility index (Phi) is 4.14. The van der Waals surface area contributed by atoms with Gasteiger partial charge in [-0.3, -0.25) is 9.78 Å². The van der Waals surface area contributed by atoms with Crippen LogP contribution in [-0.2, 0) is 6.42 Å². The molecule has 0 saturated carbocycles. The first-order valence-corrected chi connectivity index (χ1v) is 6.97. The molecular formula is C15H17ClN2O2. The Bertz CT molecular complexity index is 744. The van der Waals surface area contributed by atoms with Gasteiger partial charge in [0.2, 0.25) is 0 Å². The lowest BCUT2D eigenvalue weighted by Crippen LogP contribution is -2.36. The largest absolute Gasteiger partial charge is 0.334 e. The van der Waals surface area contributed by atoms with Crippen molar-refractivity contribution in [2.45, 2.75) is 33.1 Å². The molecule has 20 heavy (non-hydrogen) atoms.